The first-order valence-corrected chi connectivity index (χ1v) is 6.84. The summed E-state index contributed by atoms with van der Waals surface area (Å²) in [4.78, 5) is 24.6. The molecule has 0 bridgehead atoms. The van der Waals surface area contributed by atoms with E-state index < -0.39 is 0 Å². The molecule has 21 heavy (non-hydrogen) atoms. The number of anilines is 1. The van der Waals surface area contributed by atoms with Crippen molar-refractivity contribution in [1.29, 1.82) is 0 Å². The molecule has 1 amide bonds. The standard InChI is InChI=1S/C15H19N5O/c1-10(2)18-14-7-13(19-11(3)20-14)15(21)17-9-12-5-4-6-16-8-12/h4-8,10H,9H2,1-3H3,(H,17,21)(H,18,19,20). The average molecular weight is 285 g/mol. The van der Waals surface area contributed by atoms with Gasteiger partial charge >= 0.3 is 0 Å². The van der Waals surface area contributed by atoms with Gasteiger partial charge in [0.25, 0.3) is 5.91 Å². The quantitative estimate of drug-likeness (QED) is 0.877. The van der Waals surface area contributed by atoms with Gasteiger partial charge in [0.15, 0.2) is 0 Å². The fourth-order valence-electron chi connectivity index (χ4n) is 1.83. The monoisotopic (exact) mass is 285 g/mol. The van der Waals surface area contributed by atoms with Crippen molar-refractivity contribution in [1.82, 2.24) is 20.3 Å². The molecule has 0 saturated carbocycles. The van der Waals surface area contributed by atoms with E-state index in [1.54, 1.807) is 25.4 Å². The molecule has 2 rings (SSSR count). The Balaban J connectivity index is 2.06. The molecule has 2 N–H and O–H groups in total. The molecular formula is C15H19N5O. The van der Waals surface area contributed by atoms with Gasteiger partial charge in [0.2, 0.25) is 0 Å². The number of carbonyl (C=O) groups excluding carboxylic acids is 1. The molecule has 6 heteroatoms. The highest BCUT2D eigenvalue weighted by Crippen LogP contribution is 2.08. The Labute approximate surface area is 124 Å². The van der Waals surface area contributed by atoms with Gasteiger partial charge in [-0.1, -0.05) is 6.07 Å². The van der Waals surface area contributed by atoms with Crippen molar-refractivity contribution in [2.24, 2.45) is 0 Å². The fraction of sp³-hybridized carbons (Fsp3) is 0.333. The molecule has 0 aliphatic heterocycles. The minimum absolute atomic E-state index is 0.226. The third kappa shape index (κ3) is 4.52. The van der Waals surface area contributed by atoms with E-state index in [4.69, 9.17) is 0 Å². The highest BCUT2D eigenvalue weighted by atomic mass is 16.1. The van der Waals surface area contributed by atoms with E-state index in [9.17, 15) is 4.79 Å². The Hall–Kier alpha value is -2.50. The number of hydrogen-bond donors (Lipinski definition) is 2. The predicted molar refractivity (Wildman–Crippen MR) is 80.9 cm³/mol. The summed E-state index contributed by atoms with van der Waals surface area (Å²) in [6.45, 7) is 6.21. The highest BCUT2D eigenvalue weighted by Gasteiger charge is 2.10. The van der Waals surface area contributed by atoms with Gasteiger partial charge in [-0.05, 0) is 32.4 Å². The van der Waals surface area contributed by atoms with Gasteiger partial charge in [-0.15, -0.1) is 0 Å². The number of amides is 1. The molecule has 0 radical (unpaired) electrons. The first-order valence-electron chi connectivity index (χ1n) is 6.84. The molecule has 0 unspecified atom stereocenters. The van der Waals surface area contributed by atoms with Crippen LogP contribution in [-0.4, -0.2) is 26.9 Å². The summed E-state index contributed by atoms with van der Waals surface area (Å²) in [7, 11) is 0. The summed E-state index contributed by atoms with van der Waals surface area (Å²) in [5, 5.41) is 6.00. The van der Waals surface area contributed by atoms with Crippen LogP contribution in [-0.2, 0) is 6.54 Å². The van der Waals surface area contributed by atoms with Crippen LogP contribution in [0.3, 0.4) is 0 Å². The lowest BCUT2D eigenvalue weighted by Crippen LogP contribution is -2.25. The lowest BCUT2D eigenvalue weighted by Gasteiger charge is -2.11. The smallest absolute Gasteiger partial charge is 0.270 e. The number of rotatable bonds is 5. The maximum absolute atomic E-state index is 12.2. The Morgan fingerprint density at radius 2 is 2.14 bits per heavy atom. The van der Waals surface area contributed by atoms with Crippen molar-refractivity contribution in [2.45, 2.75) is 33.4 Å². The summed E-state index contributed by atoms with van der Waals surface area (Å²) in [6.07, 6.45) is 3.42. The summed E-state index contributed by atoms with van der Waals surface area (Å²) in [5.41, 5.74) is 1.30. The van der Waals surface area contributed by atoms with Crippen LogP contribution in [0.2, 0.25) is 0 Å². The maximum atomic E-state index is 12.2. The minimum Gasteiger partial charge on any atom is -0.368 e. The van der Waals surface area contributed by atoms with Gasteiger partial charge < -0.3 is 10.6 Å². The molecule has 0 aromatic carbocycles. The van der Waals surface area contributed by atoms with E-state index >= 15 is 0 Å². The number of aromatic nitrogens is 3. The second-order valence-electron chi connectivity index (χ2n) is 5.03. The number of hydrogen-bond acceptors (Lipinski definition) is 5. The molecule has 2 aromatic heterocycles. The van der Waals surface area contributed by atoms with Crippen molar-refractivity contribution < 1.29 is 4.79 Å². The van der Waals surface area contributed by atoms with Crippen molar-refractivity contribution >= 4 is 11.7 Å². The molecule has 0 aliphatic rings. The normalized spacial score (nSPS) is 10.5. The zero-order valence-corrected chi connectivity index (χ0v) is 12.4. The van der Waals surface area contributed by atoms with Crippen LogP contribution in [0.15, 0.2) is 30.6 Å². The van der Waals surface area contributed by atoms with Crippen molar-refractivity contribution in [3.63, 3.8) is 0 Å². The molecule has 0 spiro atoms. The summed E-state index contributed by atoms with van der Waals surface area (Å²) < 4.78 is 0. The minimum atomic E-state index is -0.226. The van der Waals surface area contributed by atoms with E-state index in [0.717, 1.165) is 5.56 Å². The van der Waals surface area contributed by atoms with Crippen LogP contribution in [0, 0.1) is 6.92 Å². The van der Waals surface area contributed by atoms with E-state index in [1.807, 2.05) is 26.0 Å². The average Bonchev–Trinajstić information content (AvgIpc) is 2.44. The number of aryl methyl sites for hydroxylation is 1. The van der Waals surface area contributed by atoms with Gasteiger partial charge in [-0.2, -0.15) is 0 Å². The number of carbonyl (C=O) groups is 1. The molecule has 0 aliphatic carbocycles. The van der Waals surface area contributed by atoms with Gasteiger partial charge in [0, 0.05) is 31.0 Å². The lowest BCUT2D eigenvalue weighted by atomic mass is 10.2. The molecule has 6 nitrogen and oxygen atoms in total. The molecule has 2 aromatic rings. The molecule has 110 valence electrons. The molecule has 0 atom stereocenters. The van der Waals surface area contributed by atoms with Crippen LogP contribution < -0.4 is 10.6 Å². The van der Waals surface area contributed by atoms with Gasteiger partial charge in [0.05, 0.1) is 0 Å². The van der Waals surface area contributed by atoms with Crippen LogP contribution >= 0.6 is 0 Å². The van der Waals surface area contributed by atoms with Gasteiger partial charge in [0.1, 0.15) is 17.3 Å². The Morgan fingerprint density at radius 1 is 1.33 bits per heavy atom. The van der Waals surface area contributed by atoms with E-state index in [0.29, 0.717) is 23.9 Å². The van der Waals surface area contributed by atoms with Crippen molar-refractivity contribution in [2.75, 3.05) is 5.32 Å². The molecule has 0 fully saturated rings. The van der Waals surface area contributed by atoms with Crippen LogP contribution in [0.1, 0.15) is 35.7 Å². The van der Waals surface area contributed by atoms with Gasteiger partial charge in [-0.3, -0.25) is 9.78 Å². The second kappa shape index (κ2) is 6.78. The van der Waals surface area contributed by atoms with Crippen LogP contribution in [0.5, 0.6) is 0 Å². The molecule has 2 heterocycles. The fourth-order valence-corrected chi connectivity index (χ4v) is 1.83. The third-order valence-corrected chi connectivity index (χ3v) is 2.68. The van der Waals surface area contributed by atoms with E-state index in [-0.39, 0.29) is 11.9 Å². The summed E-state index contributed by atoms with van der Waals surface area (Å²) >= 11 is 0. The number of nitrogens with zero attached hydrogens (tertiary/aromatic N) is 3. The van der Waals surface area contributed by atoms with Crippen LogP contribution in [0.4, 0.5) is 5.82 Å². The first kappa shape index (κ1) is 14.9. The van der Waals surface area contributed by atoms with Crippen LogP contribution in [0.25, 0.3) is 0 Å². The predicted octanol–water partition coefficient (Wildman–Crippen LogP) is 1.93. The Kier molecular flexibility index (Phi) is 4.81. The summed E-state index contributed by atoms with van der Waals surface area (Å²) in [6, 6.07) is 5.64. The van der Waals surface area contributed by atoms with Crippen molar-refractivity contribution in [3.8, 4) is 0 Å². The lowest BCUT2D eigenvalue weighted by molar-refractivity contribution is 0.0945. The van der Waals surface area contributed by atoms with E-state index in [2.05, 4.69) is 25.6 Å². The zero-order chi connectivity index (χ0) is 15.2. The van der Waals surface area contributed by atoms with E-state index in [1.165, 1.54) is 0 Å². The third-order valence-electron chi connectivity index (χ3n) is 2.68. The topological polar surface area (TPSA) is 79.8 Å². The van der Waals surface area contributed by atoms with Gasteiger partial charge in [-0.25, -0.2) is 9.97 Å². The molecular weight excluding hydrogens is 266 g/mol. The number of pyridine rings is 1. The van der Waals surface area contributed by atoms with Crippen molar-refractivity contribution in [3.05, 3.63) is 47.7 Å². The highest BCUT2D eigenvalue weighted by molar-refractivity contribution is 5.92. The summed E-state index contributed by atoms with van der Waals surface area (Å²) in [5.74, 6) is 0.993. The SMILES string of the molecule is Cc1nc(NC(C)C)cc(C(=O)NCc2cccnc2)n1. The largest absolute Gasteiger partial charge is 0.368 e. The zero-order valence-electron chi connectivity index (χ0n) is 12.4. The molecule has 0 saturated heterocycles. The number of nitrogens with one attached hydrogen (secondary N) is 2. The Bertz CT molecular complexity index is 613. The second-order valence-corrected chi connectivity index (χ2v) is 5.03. The first-order chi connectivity index (χ1) is 10.0. The Morgan fingerprint density at radius 3 is 2.81 bits per heavy atom. The maximum Gasteiger partial charge on any atom is 0.270 e.